The van der Waals surface area contributed by atoms with Gasteiger partial charge in [0.1, 0.15) is 30.6 Å². The topological polar surface area (TPSA) is 101 Å². The molecule has 8 nitrogen and oxygen atoms in total. The number of benzene rings is 1. The van der Waals surface area contributed by atoms with Gasteiger partial charge in [-0.15, -0.1) is 10.2 Å². The predicted molar refractivity (Wildman–Crippen MR) is 81.6 cm³/mol. The van der Waals surface area contributed by atoms with Gasteiger partial charge in [-0.2, -0.15) is 10.4 Å². The largest absolute Gasteiger partial charge is 0.309 e. The summed E-state index contributed by atoms with van der Waals surface area (Å²) in [6.45, 7) is 1.67. The molecule has 0 fully saturated rings. The lowest BCUT2D eigenvalue weighted by atomic mass is 10.3. The summed E-state index contributed by atoms with van der Waals surface area (Å²) in [6.07, 6.45) is 1.31. The van der Waals surface area contributed by atoms with Crippen molar-refractivity contribution < 1.29 is 9.18 Å². The Kier molecular flexibility index (Phi) is 4.03. The fourth-order valence-corrected chi connectivity index (χ4v) is 2.16. The van der Waals surface area contributed by atoms with Crippen molar-refractivity contribution in [1.29, 1.82) is 5.26 Å². The van der Waals surface area contributed by atoms with Crippen LogP contribution in [0.1, 0.15) is 11.5 Å². The Hall–Kier alpha value is -3.54. The number of aromatic nitrogens is 5. The lowest BCUT2D eigenvalue weighted by Gasteiger charge is -2.09. The molecule has 2 heterocycles. The minimum atomic E-state index is -0.366. The van der Waals surface area contributed by atoms with Gasteiger partial charge in [0.2, 0.25) is 11.7 Å². The van der Waals surface area contributed by atoms with Crippen molar-refractivity contribution in [2.24, 2.45) is 0 Å². The molecule has 1 amide bonds. The van der Waals surface area contributed by atoms with Crippen LogP contribution in [0.25, 0.3) is 5.69 Å². The Morgan fingerprint density at radius 1 is 1.38 bits per heavy atom. The van der Waals surface area contributed by atoms with Crippen LogP contribution in [0.2, 0.25) is 0 Å². The quantitative estimate of drug-likeness (QED) is 0.781. The van der Waals surface area contributed by atoms with Crippen molar-refractivity contribution in [1.82, 2.24) is 24.5 Å². The lowest BCUT2D eigenvalue weighted by molar-refractivity contribution is -0.116. The molecular formula is C15H12FN7O. The van der Waals surface area contributed by atoms with E-state index in [1.807, 2.05) is 6.07 Å². The van der Waals surface area contributed by atoms with Crippen molar-refractivity contribution >= 4 is 11.7 Å². The number of amides is 1. The van der Waals surface area contributed by atoms with Crippen LogP contribution in [0, 0.1) is 24.1 Å². The van der Waals surface area contributed by atoms with Gasteiger partial charge in [-0.05, 0) is 31.2 Å². The molecule has 24 heavy (non-hydrogen) atoms. The molecule has 0 unspecified atom stereocenters. The van der Waals surface area contributed by atoms with E-state index >= 15 is 0 Å². The monoisotopic (exact) mass is 325 g/mol. The first-order valence-electron chi connectivity index (χ1n) is 6.97. The molecule has 2 aromatic heterocycles. The summed E-state index contributed by atoms with van der Waals surface area (Å²) in [5.41, 5.74) is 1.30. The van der Waals surface area contributed by atoms with Gasteiger partial charge in [0, 0.05) is 6.07 Å². The SMILES string of the molecule is Cc1cc(NC(=O)Cn2cnnc2C#N)n(-c2ccc(F)cc2)n1. The van der Waals surface area contributed by atoms with Gasteiger partial charge in [0.05, 0.1) is 11.4 Å². The summed E-state index contributed by atoms with van der Waals surface area (Å²) in [5, 5.41) is 23.1. The average Bonchev–Trinajstić information content (AvgIpc) is 3.14. The fourth-order valence-electron chi connectivity index (χ4n) is 2.16. The third kappa shape index (κ3) is 3.12. The van der Waals surface area contributed by atoms with Crippen LogP contribution < -0.4 is 5.32 Å². The van der Waals surface area contributed by atoms with Crippen molar-refractivity contribution in [2.45, 2.75) is 13.5 Å². The standard InChI is InChI=1S/C15H12FN7O/c1-10-6-13(23(21-10)12-4-2-11(16)3-5-12)19-15(24)8-22-9-18-20-14(22)7-17/h2-6,9H,8H2,1H3,(H,19,24). The second-order valence-corrected chi connectivity index (χ2v) is 5.00. The highest BCUT2D eigenvalue weighted by Gasteiger charge is 2.13. The molecule has 0 aliphatic heterocycles. The Labute approximate surface area is 136 Å². The van der Waals surface area contributed by atoms with Crippen molar-refractivity contribution in [3.05, 3.63) is 54.0 Å². The van der Waals surface area contributed by atoms with Crippen molar-refractivity contribution in [2.75, 3.05) is 5.32 Å². The van der Waals surface area contributed by atoms with E-state index in [1.165, 1.54) is 27.7 Å². The number of halogens is 1. The minimum Gasteiger partial charge on any atom is -0.309 e. The highest BCUT2D eigenvalue weighted by atomic mass is 19.1. The van der Waals surface area contributed by atoms with E-state index in [0.29, 0.717) is 17.2 Å². The molecule has 3 aromatic rings. The number of nitriles is 1. The third-order valence-electron chi connectivity index (χ3n) is 3.20. The molecule has 0 saturated carbocycles. The molecule has 0 radical (unpaired) electrons. The van der Waals surface area contributed by atoms with E-state index < -0.39 is 0 Å². The lowest BCUT2D eigenvalue weighted by Crippen LogP contribution is -2.21. The zero-order valence-electron chi connectivity index (χ0n) is 12.6. The summed E-state index contributed by atoms with van der Waals surface area (Å²) >= 11 is 0. The van der Waals surface area contributed by atoms with Crippen molar-refractivity contribution in [3.63, 3.8) is 0 Å². The summed E-state index contributed by atoms with van der Waals surface area (Å²) < 4.78 is 15.9. The average molecular weight is 325 g/mol. The van der Waals surface area contributed by atoms with E-state index in [0.717, 1.165) is 0 Å². The second kappa shape index (κ2) is 6.29. The first-order valence-corrected chi connectivity index (χ1v) is 6.97. The van der Waals surface area contributed by atoms with Gasteiger partial charge in [-0.3, -0.25) is 9.36 Å². The second-order valence-electron chi connectivity index (χ2n) is 5.00. The van der Waals surface area contributed by atoms with Gasteiger partial charge in [-0.1, -0.05) is 0 Å². The highest BCUT2D eigenvalue weighted by Crippen LogP contribution is 2.17. The normalized spacial score (nSPS) is 10.4. The zero-order chi connectivity index (χ0) is 17.1. The fraction of sp³-hybridized carbons (Fsp3) is 0.133. The number of carbonyl (C=O) groups is 1. The first-order chi connectivity index (χ1) is 11.6. The Morgan fingerprint density at radius 3 is 2.83 bits per heavy atom. The first kappa shape index (κ1) is 15.4. The Morgan fingerprint density at radius 2 is 2.12 bits per heavy atom. The van der Waals surface area contributed by atoms with E-state index in [-0.39, 0.29) is 24.1 Å². The Bertz CT molecular complexity index is 920. The molecule has 0 atom stereocenters. The van der Waals surface area contributed by atoms with Crippen LogP contribution in [-0.4, -0.2) is 30.5 Å². The number of anilines is 1. The number of rotatable bonds is 4. The van der Waals surface area contributed by atoms with Gasteiger partial charge in [0.25, 0.3) is 0 Å². The molecule has 3 rings (SSSR count). The van der Waals surface area contributed by atoms with Gasteiger partial charge >= 0.3 is 0 Å². The van der Waals surface area contributed by atoms with Crippen LogP contribution in [0.5, 0.6) is 0 Å². The maximum Gasteiger partial charge on any atom is 0.245 e. The molecule has 0 spiro atoms. The summed E-state index contributed by atoms with van der Waals surface area (Å²) in [7, 11) is 0. The van der Waals surface area contributed by atoms with Gasteiger partial charge in [0.15, 0.2) is 0 Å². The van der Waals surface area contributed by atoms with Crippen LogP contribution >= 0.6 is 0 Å². The van der Waals surface area contributed by atoms with Crippen LogP contribution in [0.15, 0.2) is 36.7 Å². The minimum absolute atomic E-state index is 0.0494. The van der Waals surface area contributed by atoms with Gasteiger partial charge < -0.3 is 5.32 Å². The van der Waals surface area contributed by atoms with Crippen molar-refractivity contribution in [3.8, 4) is 11.8 Å². The highest BCUT2D eigenvalue weighted by molar-refractivity contribution is 5.90. The Balaban J connectivity index is 1.82. The molecular weight excluding hydrogens is 313 g/mol. The smallest absolute Gasteiger partial charge is 0.245 e. The molecule has 1 N–H and O–H groups in total. The maximum absolute atomic E-state index is 13.1. The predicted octanol–water partition coefficient (Wildman–Crippen LogP) is 1.42. The van der Waals surface area contributed by atoms with Crippen LogP contribution in [-0.2, 0) is 11.3 Å². The molecule has 1 aromatic carbocycles. The number of aryl methyl sites for hydroxylation is 1. The zero-order valence-corrected chi connectivity index (χ0v) is 12.6. The number of carbonyl (C=O) groups excluding carboxylic acids is 1. The third-order valence-corrected chi connectivity index (χ3v) is 3.20. The number of hydrogen-bond acceptors (Lipinski definition) is 5. The number of nitrogens with zero attached hydrogens (tertiary/aromatic N) is 6. The molecule has 120 valence electrons. The molecule has 0 bridgehead atoms. The van der Waals surface area contributed by atoms with E-state index in [2.05, 4.69) is 20.6 Å². The van der Waals surface area contributed by atoms with E-state index in [9.17, 15) is 9.18 Å². The summed E-state index contributed by atoms with van der Waals surface area (Å²) in [4.78, 5) is 12.2. The molecule has 0 saturated heterocycles. The maximum atomic E-state index is 13.1. The molecule has 0 aliphatic rings. The summed E-state index contributed by atoms with van der Waals surface area (Å²) in [5.74, 6) is -0.233. The van der Waals surface area contributed by atoms with Crippen LogP contribution in [0.4, 0.5) is 10.2 Å². The van der Waals surface area contributed by atoms with Crippen LogP contribution in [0.3, 0.4) is 0 Å². The number of nitrogens with one attached hydrogen (secondary N) is 1. The molecule has 9 heteroatoms. The molecule has 0 aliphatic carbocycles. The van der Waals surface area contributed by atoms with E-state index in [4.69, 9.17) is 5.26 Å². The number of hydrogen-bond donors (Lipinski definition) is 1. The van der Waals surface area contributed by atoms with E-state index in [1.54, 1.807) is 25.1 Å². The van der Waals surface area contributed by atoms with Gasteiger partial charge in [-0.25, -0.2) is 9.07 Å². The summed E-state index contributed by atoms with van der Waals surface area (Å²) in [6, 6.07) is 9.29.